The minimum atomic E-state index is -0.316. The number of carbonyl (C=O) groups is 1. The summed E-state index contributed by atoms with van der Waals surface area (Å²) >= 11 is 0. The van der Waals surface area contributed by atoms with E-state index >= 15 is 0 Å². The highest BCUT2D eigenvalue weighted by molar-refractivity contribution is 5.80. The van der Waals surface area contributed by atoms with Gasteiger partial charge in [-0.05, 0) is 39.7 Å². The minimum Gasteiger partial charge on any atom is -0.336 e. The number of aromatic nitrogens is 5. The van der Waals surface area contributed by atoms with Gasteiger partial charge in [-0.15, -0.1) is 0 Å². The van der Waals surface area contributed by atoms with Crippen molar-refractivity contribution >= 4 is 5.91 Å². The topological polar surface area (TPSA) is 68.8 Å². The van der Waals surface area contributed by atoms with Crippen LogP contribution < -0.4 is 0 Å². The van der Waals surface area contributed by atoms with Crippen LogP contribution >= 0.6 is 0 Å². The highest BCUT2D eigenvalue weighted by Gasteiger charge is 2.32. The Labute approximate surface area is 129 Å². The molecular weight excluding hydrogens is 280 g/mol. The average molecular weight is 302 g/mol. The van der Waals surface area contributed by atoms with Gasteiger partial charge in [-0.2, -0.15) is 10.2 Å². The van der Waals surface area contributed by atoms with E-state index in [0.29, 0.717) is 0 Å². The summed E-state index contributed by atoms with van der Waals surface area (Å²) < 4.78 is 3.62. The zero-order valence-corrected chi connectivity index (χ0v) is 13.3. The summed E-state index contributed by atoms with van der Waals surface area (Å²) in [5.41, 5.74) is 2.16. The molecule has 3 rings (SSSR count). The molecule has 7 heteroatoms. The number of rotatable bonds is 4. The summed E-state index contributed by atoms with van der Waals surface area (Å²) in [7, 11) is 0. The lowest BCUT2D eigenvalue weighted by Crippen LogP contribution is -2.42. The van der Waals surface area contributed by atoms with Gasteiger partial charge in [0, 0.05) is 12.2 Å². The van der Waals surface area contributed by atoms with E-state index in [-0.39, 0.29) is 18.0 Å². The molecule has 2 aromatic rings. The molecule has 1 aliphatic heterocycles. The molecule has 0 spiro atoms. The molecular formula is C15H22N6O. The zero-order valence-electron chi connectivity index (χ0n) is 13.3. The van der Waals surface area contributed by atoms with Crippen LogP contribution in [0.3, 0.4) is 0 Å². The molecule has 1 saturated heterocycles. The summed E-state index contributed by atoms with van der Waals surface area (Å²) in [4.78, 5) is 18.6. The van der Waals surface area contributed by atoms with Gasteiger partial charge in [0.25, 0.3) is 0 Å². The highest BCUT2D eigenvalue weighted by atomic mass is 16.2. The van der Waals surface area contributed by atoms with Crippen LogP contribution in [0.5, 0.6) is 0 Å². The first kappa shape index (κ1) is 14.7. The van der Waals surface area contributed by atoms with Gasteiger partial charge in [0.2, 0.25) is 5.91 Å². The van der Waals surface area contributed by atoms with Gasteiger partial charge in [-0.1, -0.05) is 0 Å². The van der Waals surface area contributed by atoms with Crippen molar-refractivity contribution in [3.63, 3.8) is 0 Å². The number of hydrogen-bond acceptors (Lipinski definition) is 4. The average Bonchev–Trinajstić information content (AvgIpc) is 3.20. The first-order valence-electron chi connectivity index (χ1n) is 7.72. The van der Waals surface area contributed by atoms with Crippen LogP contribution in [0, 0.1) is 13.8 Å². The molecule has 0 bridgehead atoms. The van der Waals surface area contributed by atoms with Crippen molar-refractivity contribution in [2.75, 3.05) is 6.54 Å². The third kappa shape index (κ3) is 2.75. The van der Waals surface area contributed by atoms with Gasteiger partial charge < -0.3 is 4.90 Å². The van der Waals surface area contributed by atoms with Crippen molar-refractivity contribution in [3.8, 4) is 0 Å². The van der Waals surface area contributed by atoms with Crippen molar-refractivity contribution in [3.05, 3.63) is 30.1 Å². The minimum absolute atomic E-state index is 0.106. The van der Waals surface area contributed by atoms with E-state index in [1.165, 1.54) is 6.33 Å². The normalized spacial score (nSPS) is 19.6. The Bertz CT molecular complexity index is 647. The van der Waals surface area contributed by atoms with Crippen LogP contribution in [0.25, 0.3) is 0 Å². The Morgan fingerprint density at radius 3 is 2.91 bits per heavy atom. The smallest absolute Gasteiger partial charge is 0.247 e. The van der Waals surface area contributed by atoms with Crippen LogP contribution in [0.15, 0.2) is 18.7 Å². The largest absolute Gasteiger partial charge is 0.336 e. The van der Waals surface area contributed by atoms with Gasteiger partial charge >= 0.3 is 0 Å². The lowest BCUT2D eigenvalue weighted by Gasteiger charge is -2.27. The monoisotopic (exact) mass is 302 g/mol. The third-order valence-corrected chi connectivity index (χ3v) is 4.34. The van der Waals surface area contributed by atoms with Crippen molar-refractivity contribution in [2.45, 2.75) is 52.2 Å². The maximum absolute atomic E-state index is 12.7. The summed E-state index contributed by atoms with van der Waals surface area (Å²) in [6.45, 7) is 7.49. The van der Waals surface area contributed by atoms with Crippen molar-refractivity contribution in [2.24, 2.45) is 0 Å². The zero-order chi connectivity index (χ0) is 15.7. The van der Waals surface area contributed by atoms with Crippen LogP contribution in [-0.4, -0.2) is 47.9 Å². The van der Waals surface area contributed by atoms with E-state index in [1.807, 2.05) is 23.4 Å². The quantitative estimate of drug-likeness (QED) is 0.855. The molecule has 1 aliphatic rings. The van der Waals surface area contributed by atoms with Gasteiger partial charge in [0.1, 0.15) is 18.7 Å². The fourth-order valence-corrected chi connectivity index (χ4v) is 3.15. The van der Waals surface area contributed by atoms with Gasteiger partial charge in [-0.25, -0.2) is 9.67 Å². The third-order valence-electron chi connectivity index (χ3n) is 4.34. The standard InChI is InChI=1S/C15H22N6O/c1-11-7-12(2)20(18-11)8-14-5-4-6-19(14)15(22)13(3)21-10-16-9-17-21/h7,9-10,13-14H,4-6,8H2,1-3H3/t13-,14-/m1/s1. The molecule has 0 aliphatic carbocycles. The molecule has 7 nitrogen and oxygen atoms in total. The van der Waals surface area contributed by atoms with Crippen LogP contribution in [0.4, 0.5) is 0 Å². The summed E-state index contributed by atoms with van der Waals surface area (Å²) in [5.74, 6) is 0.106. The predicted molar refractivity (Wildman–Crippen MR) is 81.2 cm³/mol. The van der Waals surface area contributed by atoms with E-state index in [9.17, 15) is 4.79 Å². The molecule has 2 atom stereocenters. The van der Waals surface area contributed by atoms with Crippen LogP contribution in [0.1, 0.15) is 37.2 Å². The molecule has 0 unspecified atom stereocenters. The van der Waals surface area contributed by atoms with Crippen molar-refractivity contribution in [1.82, 2.24) is 29.4 Å². The number of hydrogen-bond donors (Lipinski definition) is 0. The maximum atomic E-state index is 12.7. The Morgan fingerprint density at radius 2 is 2.27 bits per heavy atom. The predicted octanol–water partition coefficient (Wildman–Crippen LogP) is 1.34. The molecule has 22 heavy (non-hydrogen) atoms. The van der Waals surface area contributed by atoms with E-state index in [1.54, 1.807) is 11.0 Å². The fourth-order valence-electron chi connectivity index (χ4n) is 3.15. The number of carbonyl (C=O) groups excluding carboxylic acids is 1. The molecule has 2 aromatic heterocycles. The number of nitrogens with zero attached hydrogens (tertiary/aromatic N) is 6. The molecule has 118 valence electrons. The molecule has 0 aromatic carbocycles. The van der Waals surface area contributed by atoms with E-state index in [2.05, 4.69) is 28.2 Å². The molecule has 0 saturated carbocycles. The lowest BCUT2D eigenvalue weighted by molar-refractivity contribution is -0.135. The van der Waals surface area contributed by atoms with Gasteiger partial charge in [0.05, 0.1) is 18.3 Å². The van der Waals surface area contributed by atoms with Gasteiger partial charge in [0.15, 0.2) is 0 Å². The molecule has 1 fully saturated rings. The van der Waals surface area contributed by atoms with Crippen LogP contribution in [-0.2, 0) is 11.3 Å². The molecule has 0 N–H and O–H groups in total. The Hall–Kier alpha value is -2.18. The first-order valence-corrected chi connectivity index (χ1v) is 7.72. The van der Waals surface area contributed by atoms with E-state index in [4.69, 9.17) is 0 Å². The van der Waals surface area contributed by atoms with Crippen molar-refractivity contribution in [1.29, 1.82) is 0 Å². The van der Waals surface area contributed by atoms with Crippen LogP contribution in [0.2, 0.25) is 0 Å². The number of aryl methyl sites for hydroxylation is 2. The molecule has 0 radical (unpaired) electrons. The Kier molecular flexibility index (Phi) is 3.96. The summed E-state index contributed by atoms with van der Waals surface area (Å²) in [5, 5.41) is 8.59. The van der Waals surface area contributed by atoms with Crippen molar-refractivity contribution < 1.29 is 4.79 Å². The summed E-state index contributed by atoms with van der Waals surface area (Å²) in [6, 6.07) is 1.96. The number of amides is 1. The number of likely N-dealkylation sites (tertiary alicyclic amines) is 1. The maximum Gasteiger partial charge on any atom is 0.247 e. The second-order valence-corrected chi connectivity index (χ2v) is 5.99. The fraction of sp³-hybridized carbons (Fsp3) is 0.600. The second kappa shape index (κ2) is 5.90. The molecule has 3 heterocycles. The summed E-state index contributed by atoms with van der Waals surface area (Å²) in [6.07, 6.45) is 5.11. The Balaban J connectivity index is 1.72. The van der Waals surface area contributed by atoms with E-state index in [0.717, 1.165) is 37.3 Å². The highest BCUT2D eigenvalue weighted by Crippen LogP contribution is 2.23. The molecule has 1 amide bonds. The first-order chi connectivity index (χ1) is 10.6. The SMILES string of the molecule is Cc1cc(C)n(C[C@H]2CCCN2C(=O)[C@@H](C)n2cncn2)n1. The second-order valence-electron chi connectivity index (χ2n) is 5.99. The lowest BCUT2D eigenvalue weighted by atomic mass is 10.2. The van der Waals surface area contributed by atoms with Gasteiger partial charge in [-0.3, -0.25) is 9.48 Å². The Morgan fingerprint density at radius 1 is 1.45 bits per heavy atom. The van der Waals surface area contributed by atoms with E-state index < -0.39 is 0 Å².